The summed E-state index contributed by atoms with van der Waals surface area (Å²) in [6.45, 7) is 18.4. The van der Waals surface area contributed by atoms with Gasteiger partial charge in [-0.25, -0.2) is 0 Å². The van der Waals surface area contributed by atoms with E-state index < -0.39 is 9.53 Å². The van der Waals surface area contributed by atoms with Gasteiger partial charge in [0.05, 0.1) is 26.7 Å². The smallest absolute Gasteiger partial charge is 0.376 e. The highest BCUT2D eigenvalue weighted by molar-refractivity contribution is 6.36. The molecule has 0 saturated carbocycles. The molecule has 5 heteroatoms. The van der Waals surface area contributed by atoms with Gasteiger partial charge < -0.3 is 17.8 Å². The lowest BCUT2D eigenvalue weighted by Crippen LogP contribution is -2.42. The molecule has 0 bridgehead atoms. The van der Waals surface area contributed by atoms with Crippen molar-refractivity contribution in [3.63, 3.8) is 0 Å². The molecule has 0 aliphatic rings. The Morgan fingerprint density at radius 3 is 1.06 bits per heavy atom. The summed E-state index contributed by atoms with van der Waals surface area (Å²) >= 11 is 0. The van der Waals surface area contributed by atoms with Gasteiger partial charge in [0.15, 0.2) is 0 Å². The molecular formula is C13H34NO3Si+. The van der Waals surface area contributed by atoms with E-state index in [9.17, 15) is 0 Å². The lowest BCUT2D eigenvalue weighted by Gasteiger charge is -2.30. The van der Waals surface area contributed by atoms with Crippen LogP contribution >= 0.6 is 0 Å². The number of nitrogens with zero attached hydrogens (tertiary/aromatic N) is 1. The van der Waals surface area contributed by atoms with Crippen LogP contribution in [0.2, 0.25) is 0 Å². The normalized spacial score (nSPS) is 11.3. The standard InChI is InChI=1S/C7H18N.C6H16O3Si/c1-5-8(4,6-2)7-3;1-4-7-10(8-5-2)9-6-3/h5-7H2,1-4H3;10H,4-6H2,1-3H3/q+1;. The molecule has 18 heavy (non-hydrogen) atoms. The summed E-state index contributed by atoms with van der Waals surface area (Å²) < 4.78 is 16.9. The van der Waals surface area contributed by atoms with Crippen molar-refractivity contribution in [2.45, 2.75) is 41.5 Å². The van der Waals surface area contributed by atoms with E-state index in [1.54, 1.807) is 0 Å². The molecule has 0 fully saturated rings. The quantitative estimate of drug-likeness (QED) is 0.479. The molecule has 0 unspecified atom stereocenters. The first-order valence-corrected chi connectivity index (χ1v) is 8.63. The maximum atomic E-state index is 5.22. The Morgan fingerprint density at radius 1 is 0.667 bits per heavy atom. The largest absolute Gasteiger partial charge is 0.484 e. The lowest BCUT2D eigenvalue weighted by molar-refractivity contribution is -0.904. The third kappa shape index (κ3) is 11.2. The maximum absolute atomic E-state index is 5.22. The topological polar surface area (TPSA) is 27.7 Å². The summed E-state index contributed by atoms with van der Waals surface area (Å²) in [7, 11) is 0.558. The monoisotopic (exact) mass is 280 g/mol. The molecule has 0 aromatic heterocycles. The van der Waals surface area contributed by atoms with Crippen LogP contribution in [0.4, 0.5) is 0 Å². The van der Waals surface area contributed by atoms with E-state index in [1.807, 2.05) is 20.8 Å². The van der Waals surface area contributed by atoms with Crippen molar-refractivity contribution in [1.29, 1.82) is 0 Å². The second kappa shape index (κ2) is 13.5. The van der Waals surface area contributed by atoms with Crippen LogP contribution in [0.1, 0.15) is 41.5 Å². The number of rotatable bonds is 9. The van der Waals surface area contributed by atoms with E-state index in [0.717, 1.165) is 0 Å². The minimum Gasteiger partial charge on any atom is -0.376 e. The Kier molecular flexibility index (Phi) is 15.3. The molecule has 0 heterocycles. The number of hydrogen-bond acceptors (Lipinski definition) is 3. The molecular weight excluding hydrogens is 246 g/mol. The summed E-state index contributed by atoms with van der Waals surface area (Å²) in [6.07, 6.45) is 0. The van der Waals surface area contributed by atoms with Gasteiger partial charge >= 0.3 is 9.53 Å². The Morgan fingerprint density at radius 2 is 0.944 bits per heavy atom. The highest BCUT2D eigenvalue weighted by Crippen LogP contribution is 1.97. The van der Waals surface area contributed by atoms with Gasteiger partial charge in [0.25, 0.3) is 0 Å². The minimum absolute atomic E-state index is 0.677. The minimum atomic E-state index is -1.73. The molecule has 0 aliphatic carbocycles. The predicted octanol–water partition coefficient (Wildman–Crippen LogP) is 2.31. The molecule has 0 aliphatic heterocycles. The van der Waals surface area contributed by atoms with Gasteiger partial charge in [-0.1, -0.05) is 0 Å². The zero-order valence-electron chi connectivity index (χ0n) is 13.5. The number of hydrogen-bond donors (Lipinski definition) is 0. The first-order chi connectivity index (χ1) is 8.53. The molecule has 0 spiro atoms. The third-order valence-electron chi connectivity index (χ3n) is 3.20. The molecule has 0 N–H and O–H groups in total. The summed E-state index contributed by atoms with van der Waals surface area (Å²) in [5.74, 6) is 0. The fourth-order valence-electron chi connectivity index (χ4n) is 1.22. The van der Waals surface area contributed by atoms with Gasteiger partial charge in [0.2, 0.25) is 0 Å². The third-order valence-corrected chi connectivity index (χ3v) is 5.02. The Balaban J connectivity index is 0. The van der Waals surface area contributed by atoms with E-state index in [4.69, 9.17) is 13.3 Å². The fraction of sp³-hybridized carbons (Fsp3) is 1.00. The van der Waals surface area contributed by atoms with E-state index in [-0.39, 0.29) is 0 Å². The second-order valence-electron chi connectivity index (χ2n) is 4.22. The van der Waals surface area contributed by atoms with Crippen molar-refractivity contribution in [3.8, 4) is 0 Å². The van der Waals surface area contributed by atoms with E-state index in [1.165, 1.54) is 24.1 Å². The summed E-state index contributed by atoms with van der Waals surface area (Å²) in [6, 6.07) is 0. The van der Waals surface area contributed by atoms with Crippen molar-refractivity contribution in [1.82, 2.24) is 0 Å². The summed E-state index contributed by atoms with van der Waals surface area (Å²) in [4.78, 5) is 0. The molecule has 0 aromatic carbocycles. The highest BCUT2D eigenvalue weighted by atomic mass is 28.3. The van der Waals surface area contributed by atoms with Crippen LogP contribution in [0, 0.1) is 0 Å². The second-order valence-corrected chi connectivity index (χ2v) is 5.80. The zero-order valence-corrected chi connectivity index (χ0v) is 14.6. The molecule has 0 aromatic rings. The zero-order chi connectivity index (χ0) is 14.4. The molecule has 0 radical (unpaired) electrons. The van der Waals surface area contributed by atoms with Gasteiger partial charge in [0.1, 0.15) is 0 Å². The summed E-state index contributed by atoms with van der Waals surface area (Å²) in [5.41, 5.74) is 0. The fourth-order valence-corrected chi connectivity index (χ4v) is 2.33. The van der Waals surface area contributed by atoms with Crippen molar-refractivity contribution in [2.75, 3.05) is 46.5 Å². The molecule has 0 atom stereocenters. The molecule has 0 rings (SSSR count). The maximum Gasteiger partial charge on any atom is 0.484 e. The van der Waals surface area contributed by atoms with Crippen molar-refractivity contribution in [2.24, 2.45) is 0 Å². The average Bonchev–Trinajstić information content (AvgIpc) is 2.39. The molecule has 112 valence electrons. The average molecular weight is 281 g/mol. The van der Waals surface area contributed by atoms with Crippen LogP contribution in [0.5, 0.6) is 0 Å². The van der Waals surface area contributed by atoms with Crippen LogP contribution < -0.4 is 0 Å². The van der Waals surface area contributed by atoms with Gasteiger partial charge in [-0.05, 0) is 41.5 Å². The Labute approximate surface area is 116 Å². The summed E-state index contributed by atoms with van der Waals surface area (Å²) in [5, 5.41) is 0. The van der Waals surface area contributed by atoms with Crippen molar-refractivity contribution >= 4 is 9.53 Å². The molecule has 0 saturated heterocycles. The van der Waals surface area contributed by atoms with Gasteiger partial charge in [-0.3, -0.25) is 0 Å². The van der Waals surface area contributed by atoms with Crippen LogP contribution in [0.25, 0.3) is 0 Å². The Hall–Kier alpha value is 0.0569. The van der Waals surface area contributed by atoms with Crippen molar-refractivity contribution in [3.05, 3.63) is 0 Å². The molecule has 0 amide bonds. The van der Waals surface area contributed by atoms with Crippen LogP contribution in [-0.4, -0.2) is 60.5 Å². The number of quaternary nitrogens is 1. The van der Waals surface area contributed by atoms with Gasteiger partial charge in [0, 0.05) is 19.8 Å². The van der Waals surface area contributed by atoms with Gasteiger partial charge in [-0.15, -0.1) is 0 Å². The molecule has 4 nitrogen and oxygen atoms in total. The van der Waals surface area contributed by atoms with Crippen LogP contribution in [-0.2, 0) is 13.3 Å². The predicted molar refractivity (Wildman–Crippen MR) is 79.8 cm³/mol. The lowest BCUT2D eigenvalue weighted by atomic mass is 10.4. The van der Waals surface area contributed by atoms with Crippen LogP contribution in [0.3, 0.4) is 0 Å². The van der Waals surface area contributed by atoms with Gasteiger partial charge in [-0.2, -0.15) is 0 Å². The van der Waals surface area contributed by atoms with E-state index in [2.05, 4.69) is 27.8 Å². The first kappa shape index (κ1) is 20.4. The first-order valence-electron chi connectivity index (χ1n) is 7.21. The van der Waals surface area contributed by atoms with Crippen LogP contribution in [0.15, 0.2) is 0 Å². The SMILES string of the molecule is CCO[SiH](OCC)OCC.CC[N+](C)(CC)CC. The van der Waals surface area contributed by atoms with E-state index >= 15 is 0 Å². The van der Waals surface area contributed by atoms with Crippen molar-refractivity contribution < 1.29 is 17.8 Å². The highest BCUT2D eigenvalue weighted by Gasteiger charge is 2.11. The van der Waals surface area contributed by atoms with E-state index in [0.29, 0.717) is 19.8 Å². The Bertz CT molecular complexity index is 144.